The van der Waals surface area contributed by atoms with Crippen LogP contribution in [0.2, 0.25) is 0 Å². The Hall–Kier alpha value is -4.44. The fourth-order valence-corrected chi connectivity index (χ4v) is 5.36. The molecule has 21 nitrogen and oxygen atoms in total. The maximum Gasteiger partial charge on any atom is 0.328 e. The lowest BCUT2D eigenvalue weighted by Crippen LogP contribution is -2.61. The lowest BCUT2D eigenvalue weighted by atomic mass is 10.0. The summed E-state index contributed by atoms with van der Waals surface area (Å²) >= 11 is 0. The number of unbranched alkanes of at least 4 members (excludes halogenated alkanes) is 1. The number of carboxylic acids is 2. The molecule has 0 bridgehead atoms. The molecule has 0 aromatic rings. The first-order valence-electron chi connectivity index (χ1n) is 17.0. The van der Waals surface area contributed by atoms with E-state index < -0.39 is 115 Å². The van der Waals surface area contributed by atoms with Crippen molar-refractivity contribution >= 4 is 47.4 Å². The van der Waals surface area contributed by atoms with Gasteiger partial charge in [-0.05, 0) is 57.9 Å². The lowest BCUT2D eigenvalue weighted by molar-refractivity contribution is -0.146. The predicted octanol–water partition coefficient (Wildman–Crippen LogP) is -5.17. The van der Waals surface area contributed by atoms with E-state index in [1.165, 1.54) is 4.90 Å². The summed E-state index contributed by atoms with van der Waals surface area (Å²) in [5.41, 5.74) is 11.1. The molecular formula is C31H54N8O13. The van der Waals surface area contributed by atoms with Crippen molar-refractivity contribution in [1.29, 1.82) is 0 Å². The monoisotopic (exact) mass is 746 g/mol. The van der Waals surface area contributed by atoms with E-state index in [0.717, 1.165) is 6.92 Å². The summed E-state index contributed by atoms with van der Waals surface area (Å²) in [4.78, 5) is 102. The summed E-state index contributed by atoms with van der Waals surface area (Å²) in [6, 6.07) is -10.1. The molecule has 0 spiro atoms. The fraction of sp³-hybridized carbons (Fsp3) is 0.742. The van der Waals surface area contributed by atoms with Gasteiger partial charge >= 0.3 is 11.9 Å². The van der Waals surface area contributed by atoms with Gasteiger partial charge in [0, 0.05) is 6.54 Å². The molecule has 1 heterocycles. The molecule has 0 unspecified atom stereocenters. The minimum atomic E-state index is -1.71. The van der Waals surface area contributed by atoms with Crippen LogP contribution in [0.1, 0.15) is 65.7 Å². The van der Waals surface area contributed by atoms with E-state index in [9.17, 15) is 58.8 Å². The number of likely N-dealkylation sites (tertiary alicyclic amines) is 1. The lowest BCUT2D eigenvalue weighted by Gasteiger charge is -2.31. The SMILES string of the molecule is CC(C)C[C@H](NC(=O)[C@H](CCCCN)NC(=O)[C@H](CO)NC(=O)[C@@H](NC(=O)[C@@H](N)CC(=O)O)[C@@H](C)O)C(=O)N1CCC[C@H]1C(=O)N[C@@H](CO)C(=O)O. The van der Waals surface area contributed by atoms with E-state index in [0.29, 0.717) is 19.3 Å². The van der Waals surface area contributed by atoms with Gasteiger partial charge in [0.15, 0.2) is 0 Å². The van der Waals surface area contributed by atoms with Gasteiger partial charge in [-0.2, -0.15) is 0 Å². The first-order valence-corrected chi connectivity index (χ1v) is 17.0. The number of carbonyl (C=O) groups is 8. The second kappa shape index (κ2) is 22.5. The van der Waals surface area contributed by atoms with Gasteiger partial charge in [0.1, 0.15) is 36.3 Å². The van der Waals surface area contributed by atoms with Gasteiger partial charge in [0.25, 0.3) is 0 Å². The van der Waals surface area contributed by atoms with Crippen molar-refractivity contribution in [3.05, 3.63) is 0 Å². The number of hydrogen-bond donors (Lipinski definition) is 12. The molecule has 0 aromatic carbocycles. The zero-order chi connectivity index (χ0) is 39.7. The topological polar surface area (TPSA) is 353 Å². The maximum atomic E-state index is 13.8. The highest BCUT2D eigenvalue weighted by Crippen LogP contribution is 2.21. The molecule has 21 heteroatoms. The molecule has 8 atom stereocenters. The molecule has 1 aliphatic rings. The number of amides is 6. The van der Waals surface area contributed by atoms with Crippen LogP contribution in [0.5, 0.6) is 0 Å². The van der Waals surface area contributed by atoms with Crippen molar-refractivity contribution in [2.24, 2.45) is 17.4 Å². The van der Waals surface area contributed by atoms with E-state index in [1.807, 2.05) is 0 Å². The fourth-order valence-electron chi connectivity index (χ4n) is 5.36. The first-order chi connectivity index (χ1) is 24.4. The number of carboxylic acid groups (broad SMARTS) is 2. The molecule has 0 aromatic heterocycles. The molecule has 0 saturated carbocycles. The Morgan fingerprint density at radius 2 is 1.35 bits per heavy atom. The van der Waals surface area contributed by atoms with E-state index in [2.05, 4.69) is 26.6 Å². The summed E-state index contributed by atoms with van der Waals surface area (Å²) in [7, 11) is 0. The molecule has 296 valence electrons. The van der Waals surface area contributed by atoms with Crippen molar-refractivity contribution < 1.29 is 63.9 Å². The number of aliphatic carboxylic acids is 2. The standard InChI is InChI=1S/C31H54N8O13/c1-15(2)11-19(30(50)39-10-6-8-22(39)28(48)37-21(14-41)31(51)52)35-26(46)18(7-4-5-9-32)34-27(47)20(13-40)36-29(49)24(16(3)42)38-25(45)17(33)12-23(43)44/h15-22,24,40-42H,4-14,32-33H2,1-3H3,(H,34,47)(H,35,46)(H,36,49)(H,37,48)(H,38,45)(H,43,44)(H,51,52)/t16-,17+,18+,19+,20+,21+,22+,24+/m1/s1. The maximum absolute atomic E-state index is 13.8. The van der Waals surface area contributed by atoms with Crippen LogP contribution in [-0.4, -0.2) is 153 Å². The van der Waals surface area contributed by atoms with Gasteiger partial charge in [-0.3, -0.25) is 33.6 Å². The normalized spacial score (nSPS) is 18.2. The highest BCUT2D eigenvalue weighted by atomic mass is 16.4. The number of aliphatic hydroxyl groups excluding tert-OH is 3. The van der Waals surface area contributed by atoms with Gasteiger partial charge in [-0.15, -0.1) is 0 Å². The van der Waals surface area contributed by atoms with Crippen molar-refractivity contribution in [1.82, 2.24) is 31.5 Å². The zero-order valence-electron chi connectivity index (χ0n) is 29.6. The molecule has 52 heavy (non-hydrogen) atoms. The summed E-state index contributed by atoms with van der Waals surface area (Å²) in [6.45, 7) is 3.24. The van der Waals surface area contributed by atoms with Gasteiger partial charge in [-0.25, -0.2) is 4.79 Å². The number of nitrogens with one attached hydrogen (secondary N) is 5. The van der Waals surface area contributed by atoms with Crippen LogP contribution in [-0.2, 0) is 38.4 Å². The summed E-state index contributed by atoms with van der Waals surface area (Å²) in [6.07, 6.45) is -0.793. The van der Waals surface area contributed by atoms with E-state index >= 15 is 0 Å². The third-order valence-corrected chi connectivity index (χ3v) is 8.15. The van der Waals surface area contributed by atoms with Gasteiger partial charge < -0.3 is 68.5 Å². The first kappa shape index (κ1) is 45.6. The molecular weight excluding hydrogens is 692 g/mol. The number of hydrogen-bond acceptors (Lipinski definition) is 13. The van der Waals surface area contributed by atoms with Crippen LogP contribution < -0.4 is 38.1 Å². The number of carbonyl (C=O) groups excluding carboxylic acids is 6. The van der Waals surface area contributed by atoms with Crippen molar-refractivity contribution in [2.75, 3.05) is 26.3 Å². The number of nitrogens with zero attached hydrogens (tertiary/aromatic N) is 1. The Balaban J connectivity index is 3.18. The highest BCUT2D eigenvalue weighted by Gasteiger charge is 2.40. The Morgan fingerprint density at radius 3 is 1.87 bits per heavy atom. The molecule has 1 aliphatic heterocycles. The van der Waals surface area contributed by atoms with Gasteiger partial charge in [-0.1, -0.05) is 13.8 Å². The van der Waals surface area contributed by atoms with Crippen LogP contribution in [0.15, 0.2) is 0 Å². The minimum absolute atomic E-state index is 0.0176. The highest BCUT2D eigenvalue weighted by molar-refractivity contribution is 5.97. The van der Waals surface area contributed by atoms with Crippen LogP contribution in [0, 0.1) is 5.92 Å². The predicted molar refractivity (Wildman–Crippen MR) is 180 cm³/mol. The molecule has 1 fully saturated rings. The second-order valence-electron chi connectivity index (χ2n) is 13.0. The minimum Gasteiger partial charge on any atom is -0.481 e. The molecule has 1 saturated heterocycles. The number of nitrogens with two attached hydrogens (primary N) is 2. The van der Waals surface area contributed by atoms with Gasteiger partial charge in [0.05, 0.1) is 31.8 Å². The molecule has 14 N–H and O–H groups in total. The van der Waals surface area contributed by atoms with Crippen molar-refractivity contribution in [3.8, 4) is 0 Å². The Labute approximate surface area is 300 Å². The number of aliphatic hydroxyl groups is 3. The summed E-state index contributed by atoms with van der Waals surface area (Å²) in [5.74, 6) is -8.47. The van der Waals surface area contributed by atoms with E-state index in [1.54, 1.807) is 13.8 Å². The Bertz CT molecular complexity index is 1270. The molecule has 0 aliphatic carbocycles. The zero-order valence-corrected chi connectivity index (χ0v) is 29.6. The van der Waals surface area contributed by atoms with Crippen LogP contribution >= 0.6 is 0 Å². The van der Waals surface area contributed by atoms with Crippen molar-refractivity contribution in [2.45, 2.75) is 114 Å². The number of rotatable bonds is 23. The van der Waals surface area contributed by atoms with Crippen LogP contribution in [0.25, 0.3) is 0 Å². The average Bonchev–Trinajstić information content (AvgIpc) is 3.56. The second-order valence-corrected chi connectivity index (χ2v) is 13.0. The largest absolute Gasteiger partial charge is 0.481 e. The van der Waals surface area contributed by atoms with Crippen molar-refractivity contribution in [3.63, 3.8) is 0 Å². The third kappa shape index (κ3) is 14.7. The van der Waals surface area contributed by atoms with E-state index in [-0.39, 0.29) is 38.3 Å². The quantitative estimate of drug-likeness (QED) is 0.0435. The average molecular weight is 747 g/mol. The Morgan fingerprint density at radius 1 is 0.769 bits per heavy atom. The van der Waals surface area contributed by atoms with Gasteiger partial charge in [0.2, 0.25) is 35.4 Å². The van der Waals surface area contributed by atoms with Crippen LogP contribution in [0.4, 0.5) is 0 Å². The molecule has 6 amide bonds. The van der Waals surface area contributed by atoms with E-state index in [4.69, 9.17) is 16.6 Å². The Kier molecular flexibility index (Phi) is 19.7. The smallest absolute Gasteiger partial charge is 0.328 e. The molecule has 1 rings (SSSR count). The van der Waals surface area contributed by atoms with Crippen LogP contribution in [0.3, 0.4) is 0 Å². The third-order valence-electron chi connectivity index (χ3n) is 8.15. The summed E-state index contributed by atoms with van der Waals surface area (Å²) < 4.78 is 0. The summed E-state index contributed by atoms with van der Waals surface area (Å²) in [5, 5.41) is 59.0. The molecule has 0 radical (unpaired) electrons.